The number of aromatic nitrogens is 2. The van der Waals surface area contributed by atoms with Crippen LogP contribution in [0.3, 0.4) is 0 Å². The number of anilines is 1. The summed E-state index contributed by atoms with van der Waals surface area (Å²) < 4.78 is 0. The number of H-pyrrole nitrogens is 1. The maximum absolute atomic E-state index is 12.3. The van der Waals surface area contributed by atoms with Crippen molar-refractivity contribution >= 4 is 17.4 Å². The number of benzene rings is 1. The lowest BCUT2D eigenvalue weighted by molar-refractivity contribution is -0.385. The average Bonchev–Trinajstić information content (AvgIpc) is 2.70. The molecule has 2 rings (SSSR count). The highest BCUT2D eigenvalue weighted by atomic mass is 16.6. The van der Waals surface area contributed by atoms with Crippen molar-refractivity contribution in [3.8, 4) is 0 Å². The molecule has 1 heterocycles. The highest BCUT2D eigenvalue weighted by molar-refractivity contribution is 6.08. The third-order valence-corrected chi connectivity index (χ3v) is 3.16. The minimum atomic E-state index is -0.565. The van der Waals surface area contributed by atoms with E-state index in [1.54, 1.807) is 26.0 Å². The van der Waals surface area contributed by atoms with Gasteiger partial charge >= 0.3 is 0 Å². The van der Waals surface area contributed by atoms with Crippen LogP contribution in [0.25, 0.3) is 0 Å². The number of hydrogen-bond acceptors (Lipinski definition) is 4. The van der Waals surface area contributed by atoms with Crippen LogP contribution in [-0.4, -0.2) is 21.0 Å². The van der Waals surface area contributed by atoms with Crippen molar-refractivity contribution in [1.82, 2.24) is 10.2 Å². The van der Waals surface area contributed by atoms with Crippen molar-refractivity contribution in [2.45, 2.75) is 20.8 Å². The molecule has 0 bridgehead atoms. The monoisotopic (exact) mass is 274 g/mol. The van der Waals surface area contributed by atoms with E-state index in [0.717, 1.165) is 11.3 Å². The topological polar surface area (TPSA) is 101 Å². The molecule has 0 fully saturated rings. The predicted octanol–water partition coefficient (Wildman–Crippen LogP) is 2.50. The summed E-state index contributed by atoms with van der Waals surface area (Å²) in [6, 6.07) is 4.52. The lowest BCUT2D eigenvalue weighted by Gasteiger charge is -2.07. The van der Waals surface area contributed by atoms with Crippen LogP contribution in [0.4, 0.5) is 11.5 Å². The Labute approximate surface area is 115 Å². The van der Waals surface area contributed by atoms with Gasteiger partial charge in [-0.25, -0.2) is 0 Å². The summed E-state index contributed by atoms with van der Waals surface area (Å²) in [7, 11) is 0. The number of aryl methyl sites for hydroxylation is 2. The Morgan fingerprint density at radius 2 is 2.05 bits per heavy atom. The summed E-state index contributed by atoms with van der Waals surface area (Å²) in [5.41, 5.74) is 2.01. The van der Waals surface area contributed by atoms with Gasteiger partial charge in [-0.15, -0.1) is 0 Å². The van der Waals surface area contributed by atoms with Gasteiger partial charge < -0.3 is 5.32 Å². The maximum Gasteiger partial charge on any atom is 0.282 e. The molecule has 2 aromatic rings. The molecular weight excluding hydrogens is 260 g/mol. The number of carbonyl (C=O) groups excluding carboxylic acids is 1. The van der Waals surface area contributed by atoms with E-state index in [2.05, 4.69) is 15.5 Å². The molecule has 104 valence electrons. The number of nitrogens with one attached hydrogen (secondary N) is 2. The SMILES string of the molecule is Cc1cccc([N+](=O)[O-])c1C(=O)Nc1n[nH]c(C)c1C. The minimum Gasteiger partial charge on any atom is -0.305 e. The van der Waals surface area contributed by atoms with Crippen LogP contribution >= 0.6 is 0 Å². The first-order valence-corrected chi connectivity index (χ1v) is 5.98. The van der Waals surface area contributed by atoms with Crippen molar-refractivity contribution < 1.29 is 9.72 Å². The summed E-state index contributed by atoms with van der Waals surface area (Å²) in [6.45, 7) is 5.29. The smallest absolute Gasteiger partial charge is 0.282 e. The van der Waals surface area contributed by atoms with Gasteiger partial charge in [0, 0.05) is 17.3 Å². The van der Waals surface area contributed by atoms with E-state index in [9.17, 15) is 14.9 Å². The molecule has 0 radical (unpaired) electrons. The Hall–Kier alpha value is -2.70. The number of amides is 1. The predicted molar refractivity (Wildman–Crippen MR) is 73.8 cm³/mol. The van der Waals surface area contributed by atoms with Crippen LogP contribution in [0.1, 0.15) is 27.2 Å². The number of rotatable bonds is 3. The highest BCUT2D eigenvalue weighted by Crippen LogP contribution is 2.23. The molecule has 1 amide bonds. The molecule has 0 saturated heterocycles. The molecule has 0 aliphatic carbocycles. The lowest BCUT2D eigenvalue weighted by atomic mass is 10.1. The summed E-state index contributed by atoms with van der Waals surface area (Å²) in [5, 5.41) is 20.3. The molecular formula is C13H14N4O3. The second-order valence-electron chi connectivity index (χ2n) is 4.50. The quantitative estimate of drug-likeness (QED) is 0.663. The van der Waals surface area contributed by atoms with Gasteiger partial charge in [-0.1, -0.05) is 12.1 Å². The van der Waals surface area contributed by atoms with Crippen LogP contribution in [0, 0.1) is 30.9 Å². The minimum absolute atomic E-state index is 0.0533. The summed E-state index contributed by atoms with van der Waals surface area (Å²) >= 11 is 0. The standard InChI is InChI=1S/C13H14N4O3/c1-7-5-4-6-10(17(19)20)11(7)13(18)14-12-8(2)9(3)15-16-12/h4-6H,1-3H3,(H2,14,15,16,18). The van der Waals surface area contributed by atoms with Gasteiger partial charge in [0.05, 0.1) is 4.92 Å². The van der Waals surface area contributed by atoms with Crippen LogP contribution in [-0.2, 0) is 0 Å². The molecule has 7 nitrogen and oxygen atoms in total. The van der Waals surface area contributed by atoms with Gasteiger partial charge in [0.15, 0.2) is 5.82 Å². The molecule has 0 aliphatic rings. The fourth-order valence-corrected chi connectivity index (χ4v) is 1.88. The van der Waals surface area contributed by atoms with Gasteiger partial charge in [0.1, 0.15) is 5.56 Å². The molecule has 0 aliphatic heterocycles. The number of carbonyl (C=O) groups is 1. The number of nitrogens with zero attached hydrogens (tertiary/aromatic N) is 2. The van der Waals surface area contributed by atoms with E-state index in [1.165, 1.54) is 6.07 Å². The van der Waals surface area contributed by atoms with E-state index in [1.807, 2.05) is 6.92 Å². The fourth-order valence-electron chi connectivity index (χ4n) is 1.88. The van der Waals surface area contributed by atoms with Gasteiger partial charge in [-0.3, -0.25) is 20.0 Å². The molecule has 2 N–H and O–H groups in total. The largest absolute Gasteiger partial charge is 0.305 e. The van der Waals surface area contributed by atoms with E-state index in [4.69, 9.17) is 0 Å². The van der Waals surface area contributed by atoms with E-state index < -0.39 is 10.8 Å². The zero-order chi connectivity index (χ0) is 14.9. The van der Waals surface area contributed by atoms with Crippen molar-refractivity contribution in [2.75, 3.05) is 5.32 Å². The van der Waals surface area contributed by atoms with Crippen LogP contribution in [0.5, 0.6) is 0 Å². The van der Waals surface area contributed by atoms with Gasteiger partial charge in [-0.05, 0) is 26.3 Å². The Kier molecular flexibility index (Phi) is 3.51. The van der Waals surface area contributed by atoms with Crippen molar-refractivity contribution in [1.29, 1.82) is 0 Å². The number of nitro groups is 1. The number of nitro benzene ring substituents is 1. The third-order valence-electron chi connectivity index (χ3n) is 3.16. The van der Waals surface area contributed by atoms with Crippen LogP contribution in [0.2, 0.25) is 0 Å². The second kappa shape index (κ2) is 5.12. The molecule has 0 spiro atoms. The summed E-state index contributed by atoms with van der Waals surface area (Å²) in [6.07, 6.45) is 0. The Balaban J connectivity index is 2.39. The molecule has 20 heavy (non-hydrogen) atoms. The second-order valence-corrected chi connectivity index (χ2v) is 4.50. The molecule has 0 unspecified atom stereocenters. The van der Waals surface area contributed by atoms with Crippen molar-refractivity contribution in [3.05, 3.63) is 50.7 Å². The Morgan fingerprint density at radius 1 is 1.35 bits per heavy atom. The molecule has 0 atom stereocenters. The molecule has 7 heteroatoms. The first-order valence-electron chi connectivity index (χ1n) is 5.98. The number of hydrogen-bond donors (Lipinski definition) is 2. The molecule has 1 aromatic carbocycles. The first-order chi connectivity index (χ1) is 9.41. The van der Waals surface area contributed by atoms with Crippen LogP contribution in [0.15, 0.2) is 18.2 Å². The van der Waals surface area contributed by atoms with E-state index >= 15 is 0 Å². The van der Waals surface area contributed by atoms with Gasteiger partial charge in [-0.2, -0.15) is 5.10 Å². The molecule has 0 saturated carbocycles. The maximum atomic E-state index is 12.3. The van der Waals surface area contributed by atoms with Gasteiger partial charge in [0.2, 0.25) is 0 Å². The van der Waals surface area contributed by atoms with E-state index in [0.29, 0.717) is 11.4 Å². The van der Waals surface area contributed by atoms with Crippen LogP contribution < -0.4 is 5.32 Å². The zero-order valence-corrected chi connectivity index (χ0v) is 11.4. The lowest BCUT2D eigenvalue weighted by Crippen LogP contribution is -2.16. The molecule has 1 aromatic heterocycles. The normalized spacial score (nSPS) is 10.3. The average molecular weight is 274 g/mol. The fraction of sp³-hybridized carbons (Fsp3) is 0.231. The highest BCUT2D eigenvalue weighted by Gasteiger charge is 2.23. The summed E-state index contributed by atoms with van der Waals surface area (Å²) in [4.78, 5) is 22.7. The number of aromatic amines is 1. The van der Waals surface area contributed by atoms with E-state index in [-0.39, 0.29) is 11.3 Å². The summed E-state index contributed by atoms with van der Waals surface area (Å²) in [5.74, 6) is -0.158. The Morgan fingerprint density at radius 3 is 2.60 bits per heavy atom. The van der Waals surface area contributed by atoms with Crippen molar-refractivity contribution in [3.63, 3.8) is 0 Å². The first kappa shape index (κ1) is 13.7. The van der Waals surface area contributed by atoms with Crippen molar-refractivity contribution in [2.24, 2.45) is 0 Å². The third kappa shape index (κ3) is 2.37. The Bertz CT molecular complexity index is 691. The van der Waals surface area contributed by atoms with Gasteiger partial charge in [0.25, 0.3) is 11.6 Å². The zero-order valence-electron chi connectivity index (χ0n) is 11.4.